The summed E-state index contributed by atoms with van der Waals surface area (Å²) in [5.41, 5.74) is 5.51. The number of anilines is 1. The van der Waals surface area contributed by atoms with Gasteiger partial charge in [-0.3, -0.25) is 0 Å². The monoisotopic (exact) mass is 227 g/mol. The van der Waals surface area contributed by atoms with E-state index < -0.39 is 0 Å². The standard InChI is InChI=1S/C16H21N/c1-13-4-3-5-14(2)12-17-16-10-8-15(7-6-13)9-11-16/h5-6,8-11,17H,3-4,7,12H2,1-2H3/b13-6+,14-5+. The Morgan fingerprint density at radius 2 is 1.71 bits per heavy atom. The number of hydrogen-bond donors (Lipinski definition) is 1. The average molecular weight is 227 g/mol. The highest BCUT2D eigenvalue weighted by atomic mass is 14.9. The van der Waals surface area contributed by atoms with Gasteiger partial charge in [0.25, 0.3) is 0 Å². The second-order valence-electron chi connectivity index (χ2n) is 4.89. The molecule has 1 aromatic rings. The van der Waals surface area contributed by atoms with Gasteiger partial charge < -0.3 is 5.32 Å². The topological polar surface area (TPSA) is 12.0 Å². The Kier molecular flexibility index (Phi) is 4.03. The van der Waals surface area contributed by atoms with Crippen LogP contribution >= 0.6 is 0 Å². The molecule has 2 aliphatic rings. The van der Waals surface area contributed by atoms with E-state index in [4.69, 9.17) is 0 Å². The van der Waals surface area contributed by atoms with Gasteiger partial charge in [0, 0.05) is 12.2 Å². The lowest BCUT2D eigenvalue weighted by molar-refractivity contribution is 0.952. The maximum atomic E-state index is 3.45. The van der Waals surface area contributed by atoms with E-state index in [0.717, 1.165) is 19.4 Å². The van der Waals surface area contributed by atoms with Crippen LogP contribution in [-0.2, 0) is 6.42 Å². The van der Waals surface area contributed by atoms with Crippen molar-refractivity contribution < 1.29 is 0 Å². The van der Waals surface area contributed by atoms with Gasteiger partial charge in [-0.2, -0.15) is 0 Å². The molecule has 0 radical (unpaired) electrons. The van der Waals surface area contributed by atoms with Crippen LogP contribution in [0.2, 0.25) is 0 Å². The minimum Gasteiger partial charge on any atom is -0.381 e. The molecule has 1 heteroatoms. The Balaban J connectivity index is 2.20. The third kappa shape index (κ3) is 3.77. The molecule has 90 valence electrons. The van der Waals surface area contributed by atoms with E-state index in [2.05, 4.69) is 55.6 Å². The predicted octanol–water partition coefficient (Wildman–Crippen LogP) is 4.33. The highest BCUT2D eigenvalue weighted by Crippen LogP contribution is 2.14. The van der Waals surface area contributed by atoms with Gasteiger partial charge in [-0.25, -0.2) is 0 Å². The van der Waals surface area contributed by atoms with Crippen LogP contribution in [0.25, 0.3) is 0 Å². The largest absolute Gasteiger partial charge is 0.381 e. The van der Waals surface area contributed by atoms with E-state index in [0.29, 0.717) is 0 Å². The fraction of sp³-hybridized carbons (Fsp3) is 0.375. The minimum atomic E-state index is 0.947. The SMILES string of the molecule is C/C1=C\Cc2ccc(cc2)NC/C(C)=C/CC1. The quantitative estimate of drug-likeness (QED) is 0.651. The Labute approximate surface area is 104 Å². The fourth-order valence-electron chi connectivity index (χ4n) is 2.01. The van der Waals surface area contributed by atoms with Gasteiger partial charge in [-0.1, -0.05) is 35.4 Å². The molecule has 2 bridgehead atoms. The van der Waals surface area contributed by atoms with Crippen molar-refractivity contribution in [3.8, 4) is 0 Å². The molecule has 0 unspecified atom stereocenters. The van der Waals surface area contributed by atoms with Crippen LogP contribution < -0.4 is 5.32 Å². The molecule has 0 saturated heterocycles. The van der Waals surface area contributed by atoms with Crippen LogP contribution in [-0.4, -0.2) is 6.54 Å². The summed E-state index contributed by atoms with van der Waals surface area (Å²) in [4.78, 5) is 0. The van der Waals surface area contributed by atoms with E-state index in [1.807, 2.05) is 0 Å². The van der Waals surface area contributed by atoms with Crippen molar-refractivity contribution in [3.63, 3.8) is 0 Å². The predicted molar refractivity (Wildman–Crippen MR) is 75.4 cm³/mol. The molecule has 0 fully saturated rings. The summed E-state index contributed by atoms with van der Waals surface area (Å²) in [6.07, 6.45) is 8.07. The summed E-state index contributed by atoms with van der Waals surface area (Å²) in [5.74, 6) is 0. The number of nitrogens with one attached hydrogen (secondary N) is 1. The molecule has 1 aromatic carbocycles. The number of fused-ring (bicyclic) bond motifs is 8. The van der Waals surface area contributed by atoms with Gasteiger partial charge in [-0.15, -0.1) is 0 Å². The smallest absolute Gasteiger partial charge is 0.0357 e. The molecular formula is C16H21N. The molecule has 0 spiro atoms. The summed E-state index contributed by atoms with van der Waals surface area (Å²) in [6, 6.07) is 8.76. The van der Waals surface area contributed by atoms with Gasteiger partial charge in [0.15, 0.2) is 0 Å². The van der Waals surface area contributed by atoms with E-state index in [9.17, 15) is 0 Å². The van der Waals surface area contributed by atoms with Crippen LogP contribution in [0.3, 0.4) is 0 Å². The summed E-state index contributed by atoms with van der Waals surface area (Å²) in [7, 11) is 0. The lowest BCUT2D eigenvalue weighted by Crippen LogP contribution is -2.02. The Bertz CT molecular complexity index is 423. The highest BCUT2D eigenvalue weighted by Gasteiger charge is 1.97. The second-order valence-corrected chi connectivity index (χ2v) is 4.89. The van der Waals surface area contributed by atoms with Crippen LogP contribution in [0.5, 0.6) is 0 Å². The Morgan fingerprint density at radius 1 is 0.941 bits per heavy atom. The Morgan fingerprint density at radius 3 is 2.47 bits per heavy atom. The third-order valence-electron chi connectivity index (χ3n) is 3.24. The van der Waals surface area contributed by atoms with Crippen LogP contribution in [0.1, 0.15) is 32.3 Å². The van der Waals surface area contributed by atoms with Crippen LogP contribution in [0.4, 0.5) is 5.69 Å². The molecule has 0 atom stereocenters. The fourth-order valence-corrected chi connectivity index (χ4v) is 2.01. The third-order valence-corrected chi connectivity index (χ3v) is 3.24. The average Bonchev–Trinajstić information content (AvgIpc) is 2.36. The van der Waals surface area contributed by atoms with Crippen molar-refractivity contribution >= 4 is 5.69 Å². The maximum absolute atomic E-state index is 3.45. The molecule has 0 aliphatic carbocycles. The minimum absolute atomic E-state index is 0.947. The summed E-state index contributed by atoms with van der Waals surface area (Å²) in [5, 5.41) is 3.45. The van der Waals surface area contributed by atoms with E-state index in [-0.39, 0.29) is 0 Å². The van der Waals surface area contributed by atoms with Gasteiger partial charge in [-0.05, 0) is 50.8 Å². The molecular weight excluding hydrogens is 206 g/mol. The lowest BCUT2D eigenvalue weighted by atomic mass is 10.1. The number of allylic oxidation sites excluding steroid dienone is 3. The molecule has 0 amide bonds. The van der Waals surface area contributed by atoms with E-state index in [1.54, 1.807) is 0 Å². The normalized spacial score (nSPS) is 23.2. The molecule has 17 heavy (non-hydrogen) atoms. The first-order valence-electron chi connectivity index (χ1n) is 6.38. The highest BCUT2D eigenvalue weighted by molar-refractivity contribution is 5.46. The first-order chi connectivity index (χ1) is 8.24. The zero-order valence-electron chi connectivity index (χ0n) is 10.8. The summed E-state index contributed by atoms with van der Waals surface area (Å²) < 4.78 is 0. The molecule has 1 N–H and O–H groups in total. The number of benzene rings is 1. The number of rotatable bonds is 0. The van der Waals surface area contributed by atoms with E-state index in [1.165, 1.54) is 28.8 Å². The van der Waals surface area contributed by atoms with E-state index >= 15 is 0 Å². The van der Waals surface area contributed by atoms with Crippen molar-refractivity contribution in [2.75, 3.05) is 11.9 Å². The Hall–Kier alpha value is -1.50. The maximum Gasteiger partial charge on any atom is 0.0357 e. The zero-order valence-corrected chi connectivity index (χ0v) is 10.8. The molecule has 1 nitrogen and oxygen atoms in total. The molecule has 3 rings (SSSR count). The van der Waals surface area contributed by atoms with Crippen LogP contribution in [0, 0.1) is 0 Å². The van der Waals surface area contributed by atoms with Crippen molar-refractivity contribution in [2.24, 2.45) is 0 Å². The number of hydrogen-bond acceptors (Lipinski definition) is 1. The molecule has 2 aliphatic heterocycles. The van der Waals surface area contributed by atoms with Crippen LogP contribution in [0.15, 0.2) is 47.6 Å². The zero-order chi connectivity index (χ0) is 12.1. The van der Waals surface area contributed by atoms with Crippen molar-refractivity contribution in [1.29, 1.82) is 0 Å². The van der Waals surface area contributed by atoms with Crippen molar-refractivity contribution in [2.45, 2.75) is 33.1 Å². The van der Waals surface area contributed by atoms with Gasteiger partial charge in [0.05, 0.1) is 0 Å². The molecule has 0 aromatic heterocycles. The first kappa shape index (κ1) is 12.0. The molecule has 0 saturated carbocycles. The summed E-state index contributed by atoms with van der Waals surface area (Å²) in [6.45, 7) is 5.37. The first-order valence-corrected chi connectivity index (χ1v) is 6.38. The lowest BCUT2D eigenvalue weighted by Gasteiger charge is -2.07. The second kappa shape index (κ2) is 5.72. The molecule has 2 heterocycles. The van der Waals surface area contributed by atoms with Gasteiger partial charge in [0.1, 0.15) is 0 Å². The van der Waals surface area contributed by atoms with Gasteiger partial charge in [0.2, 0.25) is 0 Å². The van der Waals surface area contributed by atoms with Crippen molar-refractivity contribution in [3.05, 3.63) is 53.1 Å². The summed E-state index contributed by atoms with van der Waals surface area (Å²) >= 11 is 0. The van der Waals surface area contributed by atoms with Gasteiger partial charge >= 0.3 is 0 Å². The van der Waals surface area contributed by atoms with Crippen molar-refractivity contribution in [1.82, 2.24) is 0 Å².